The zero-order valence-electron chi connectivity index (χ0n) is 12.4. The first-order chi connectivity index (χ1) is 9.69. The van der Waals surface area contributed by atoms with E-state index in [1.165, 1.54) is 5.57 Å². The summed E-state index contributed by atoms with van der Waals surface area (Å²) in [4.78, 5) is 6.22. The fraction of sp³-hybridized carbons (Fsp3) is 0.353. The Labute approximate surface area is 127 Å². The van der Waals surface area contributed by atoms with Crippen molar-refractivity contribution in [3.63, 3.8) is 0 Å². The van der Waals surface area contributed by atoms with E-state index in [1.807, 2.05) is 12.3 Å². The minimum absolute atomic E-state index is 0.360. The second-order valence-corrected chi connectivity index (χ2v) is 4.75. The highest BCUT2D eigenvalue weighted by molar-refractivity contribution is 7.71. The van der Waals surface area contributed by atoms with Gasteiger partial charge in [0.15, 0.2) is 4.77 Å². The molecule has 0 aliphatic heterocycles. The molecule has 1 atom stereocenters. The van der Waals surface area contributed by atoms with Crippen LogP contribution in [0, 0.1) is 17.6 Å². The van der Waals surface area contributed by atoms with Crippen molar-refractivity contribution in [1.29, 1.82) is 0 Å². The van der Waals surface area contributed by atoms with Crippen molar-refractivity contribution < 1.29 is 0 Å². The molecule has 1 rings (SSSR count). The Morgan fingerprint density at radius 3 is 2.65 bits per heavy atom. The van der Waals surface area contributed by atoms with Gasteiger partial charge in [-0.05, 0) is 38.4 Å². The van der Waals surface area contributed by atoms with Crippen LogP contribution in [0.15, 0.2) is 42.7 Å². The summed E-state index contributed by atoms with van der Waals surface area (Å²) in [5, 5.41) is 0. The number of allylic oxidation sites excluding steroid dienone is 5. The van der Waals surface area contributed by atoms with Gasteiger partial charge in [-0.3, -0.25) is 0 Å². The average Bonchev–Trinajstić information content (AvgIpc) is 2.91. The van der Waals surface area contributed by atoms with Crippen LogP contribution < -0.4 is 0 Å². The van der Waals surface area contributed by atoms with E-state index in [9.17, 15) is 0 Å². The van der Waals surface area contributed by atoms with Gasteiger partial charge >= 0.3 is 0 Å². The molecule has 1 aromatic heterocycles. The monoisotopic (exact) mass is 288 g/mol. The fourth-order valence-electron chi connectivity index (χ4n) is 1.86. The van der Waals surface area contributed by atoms with Gasteiger partial charge in [-0.15, -0.1) is 19.4 Å². The lowest BCUT2D eigenvalue weighted by Crippen LogP contribution is -1.98. The van der Waals surface area contributed by atoms with E-state index in [4.69, 9.17) is 12.2 Å². The molecule has 2 N–H and O–H groups in total. The molecule has 20 heavy (non-hydrogen) atoms. The van der Waals surface area contributed by atoms with Crippen molar-refractivity contribution in [3.05, 3.63) is 53.1 Å². The van der Waals surface area contributed by atoms with Crippen LogP contribution in [0.5, 0.6) is 0 Å². The molecule has 1 heterocycles. The van der Waals surface area contributed by atoms with Gasteiger partial charge in [-0.1, -0.05) is 36.8 Å². The Kier molecular flexibility index (Phi) is 10.1. The summed E-state index contributed by atoms with van der Waals surface area (Å²) < 4.78 is 0.688. The number of aromatic nitrogens is 2. The average molecular weight is 288 g/mol. The Balaban J connectivity index is 0.00000172. The molecule has 3 heteroatoms. The summed E-state index contributed by atoms with van der Waals surface area (Å²) >= 11 is 5.07. The molecule has 0 aromatic carbocycles. The molecule has 108 valence electrons. The summed E-state index contributed by atoms with van der Waals surface area (Å²) in [7, 11) is 0. The first-order valence-corrected chi connectivity index (χ1v) is 7.11. The Bertz CT molecular complexity index is 514. The maximum Gasteiger partial charge on any atom is 0.174 e. The number of nitrogens with one attached hydrogen (secondary N) is 2. The van der Waals surface area contributed by atoms with Crippen LogP contribution in [-0.2, 0) is 0 Å². The van der Waals surface area contributed by atoms with Gasteiger partial charge < -0.3 is 9.97 Å². The predicted octanol–water partition coefficient (Wildman–Crippen LogP) is 5.28. The lowest BCUT2D eigenvalue weighted by atomic mass is 9.94. The molecule has 0 aliphatic carbocycles. The normalized spacial score (nSPS) is 12.7. The third-order valence-corrected chi connectivity index (χ3v) is 3.23. The number of imidazole rings is 1. The van der Waals surface area contributed by atoms with E-state index in [0.717, 1.165) is 25.0 Å². The van der Waals surface area contributed by atoms with E-state index in [2.05, 4.69) is 61.5 Å². The fourth-order valence-corrected chi connectivity index (χ4v) is 2.03. The van der Waals surface area contributed by atoms with Crippen molar-refractivity contribution in [2.75, 3.05) is 0 Å². The second-order valence-electron chi connectivity index (χ2n) is 4.34. The summed E-state index contributed by atoms with van der Waals surface area (Å²) in [6.45, 7) is 8.02. The second kappa shape index (κ2) is 11.1. The summed E-state index contributed by atoms with van der Waals surface area (Å²) in [6.07, 6.45) is 21.6. The molecule has 0 fully saturated rings. The molecule has 2 nitrogen and oxygen atoms in total. The number of hydrogen-bond donors (Lipinski definition) is 2. The van der Waals surface area contributed by atoms with Crippen molar-refractivity contribution >= 4 is 12.2 Å². The highest BCUT2D eigenvalue weighted by Gasteiger charge is 2.11. The maximum atomic E-state index is 5.07. The third-order valence-electron chi connectivity index (χ3n) is 3.01. The largest absolute Gasteiger partial charge is 0.337 e. The van der Waals surface area contributed by atoms with Gasteiger partial charge in [-0.2, -0.15) is 0 Å². The number of terminal acetylenes is 1. The smallest absolute Gasteiger partial charge is 0.174 e. The Hall–Kier alpha value is -1.79. The minimum Gasteiger partial charge on any atom is -0.337 e. The zero-order chi connectivity index (χ0) is 15.4. The topological polar surface area (TPSA) is 31.6 Å². The lowest BCUT2D eigenvalue weighted by molar-refractivity contribution is 0.817. The van der Waals surface area contributed by atoms with Gasteiger partial charge in [-0.25, -0.2) is 0 Å². The summed E-state index contributed by atoms with van der Waals surface area (Å²) in [6, 6.07) is 0. The van der Waals surface area contributed by atoms with E-state index in [-0.39, 0.29) is 0 Å². The van der Waals surface area contributed by atoms with Crippen LogP contribution in [0.2, 0.25) is 0 Å². The first-order valence-electron chi connectivity index (χ1n) is 6.71. The van der Waals surface area contributed by atoms with Crippen LogP contribution >= 0.6 is 12.2 Å². The van der Waals surface area contributed by atoms with Crippen molar-refractivity contribution in [2.45, 2.75) is 39.0 Å². The summed E-state index contributed by atoms with van der Waals surface area (Å²) in [5.74, 6) is 0.360. The van der Waals surface area contributed by atoms with Crippen molar-refractivity contribution in [3.8, 4) is 12.8 Å². The lowest BCUT2D eigenvalue weighted by Gasteiger charge is -2.13. The molecule has 0 saturated carbocycles. The number of aromatic amines is 2. The standard InChI is InChI=1S/C15H22N2S.C2H2/c1-4-6-8-10-13(9-7-5-2)12(3)14-11-16-15(18)17-14;1-2/h4-5,7,10-12H,1,6,8-9H2,2-3H3,(H2,16,17,18);1-2H/b7-5-,13-10+;. The maximum absolute atomic E-state index is 5.07. The number of hydrogen-bond acceptors (Lipinski definition) is 1. The molecular weight excluding hydrogens is 264 g/mol. The number of H-pyrrole nitrogens is 2. The van der Waals surface area contributed by atoms with Crippen LogP contribution in [0.4, 0.5) is 0 Å². The molecule has 1 unspecified atom stereocenters. The highest BCUT2D eigenvalue weighted by atomic mass is 32.1. The molecule has 0 amide bonds. The Morgan fingerprint density at radius 2 is 2.15 bits per heavy atom. The predicted molar refractivity (Wildman–Crippen MR) is 91.2 cm³/mol. The van der Waals surface area contributed by atoms with E-state index in [1.54, 1.807) is 0 Å². The summed E-state index contributed by atoms with van der Waals surface area (Å²) in [5.41, 5.74) is 2.56. The van der Waals surface area contributed by atoms with Gasteiger partial charge in [0, 0.05) is 17.8 Å². The number of unbranched alkanes of at least 4 members (excludes halogenated alkanes) is 1. The SMILES string of the molecule is C#C.C=CCC/C=C(\C/C=C\C)C(C)c1c[nH]c(=S)[nH]1. The van der Waals surface area contributed by atoms with Crippen LogP contribution in [0.3, 0.4) is 0 Å². The molecule has 1 aromatic rings. The van der Waals surface area contributed by atoms with Gasteiger partial charge in [0.2, 0.25) is 0 Å². The zero-order valence-corrected chi connectivity index (χ0v) is 13.2. The highest BCUT2D eigenvalue weighted by Crippen LogP contribution is 2.25. The van der Waals surface area contributed by atoms with Crippen LogP contribution in [-0.4, -0.2) is 9.97 Å². The van der Waals surface area contributed by atoms with Gasteiger partial charge in [0.05, 0.1) is 0 Å². The van der Waals surface area contributed by atoms with Crippen LogP contribution in [0.1, 0.15) is 44.7 Å². The molecule has 0 saturated heterocycles. The van der Waals surface area contributed by atoms with E-state index in [0.29, 0.717) is 10.7 Å². The van der Waals surface area contributed by atoms with Crippen molar-refractivity contribution in [2.24, 2.45) is 0 Å². The van der Waals surface area contributed by atoms with E-state index >= 15 is 0 Å². The quantitative estimate of drug-likeness (QED) is 0.304. The Morgan fingerprint density at radius 1 is 1.45 bits per heavy atom. The number of rotatable bonds is 7. The first kappa shape index (κ1) is 18.2. The molecule has 0 bridgehead atoms. The van der Waals surface area contributed by atoms with Crippen molar-refractivity contribution in [1.82, 2.24) is 9.97 Å². The van der Waals surface area contributed by atoms with Gasteiger partial charge in [0.1, 0.15) is 0 Å². The van der Waals surface area contributed by atoms with E-state index < -0.39 is 0 Å². The molecule has 0 aliphatic rings. The minimum atomic E-state index is 0.360. The van der Waals surface area contributed by atoms with Crippen LogP contribution in [0.25, 0.3) is 0 Å². The molecule has 0 spiro atoms. The van der Waals surface area contributed by atoms with Gasteiger partial charge in [0.25, 0.3) is 0 Å². The third kappa shape index (κ3) is 6.40. The molecular formula is C17H24N2S. The molecule has 0 radical (unpaired) electrons.